The van der Waals surface area contributed by atoms with Crippen molar-refractivity contribution in [2.45, 2.75) is 32.2 Å². The number of rotatable bonds is 5. The van der Waals surface area contributed by atoms with Gasteiger partial charge in [0.2, 0.25) is 5.91 Å². The minimum Gasteiger partial charge on any atom is -0.399 e. The molecule has 0 fully saturated rings. The molecular formula is C17H21N3O. The Bertz CT molecular complexity index is 581. The lowest BCUT2D eigenvalue weighted by molar-refractivity contribution is -0.122. The average Bonchev–Trinajstić information content (AvgIpc) is 2.48. The number of nitrogens with one attached hydrogen (secondary N) is 1. The van der Waals surface area contributed by atoms with E-state index in [1.54, 1.807) is 6.20 Å². The first-order valence-corrected chi connectivity index (χ1v) is 7.12. The van der Waals surface area contributed by atoms with Crippen LogP contribution in [0.2, 0.25) is 0 Å². The van der Waals surface area contributed by atoms with Crippen molar-refractivity contribution in [2.75, 3.05) is 5.73 Å². The number of nitrogen functional groups attached to an aromatic ring is 1. The Hall–Kier alpha value is -2.36. The van der Waals surface area contributed by atoms with Crippen LogP contribution in [-0.2, 0) is 4.79 Å². The van der Waals surface area contributed by atoms with Gasteiger partial charge >= 0.3 is 0 Å². The molecule has 0 aliphatic heterocycles. The van der Waals surface area contributed by atoms with Crippen molar-refractivity contribution in [3.05, 3.63) is 59.9 Å². The van der Waals surface area contributed by atoms with Crippen LogP contribution >= 0.6 is 0 Å². The molecule has 1 aromatic heterocycles. The first-order chi connectivity index (χ1) is 10.1. The van der Waals surface area contributed by atoms with E-state index in [-0.39, 0.29) is 17.9 Å². The standard InChI is InChI=1S/C17H21N3O/c1-12(14-6-8-15(18)9-7-14)11-17(21)20-13(2)16-5-3-4-10-19-16/h3-10,12-13H,11,18H2,1-2H3,(H,20,21)/t12?,13-/m1/s1. The van der Waals surface area contributed by atoms with Gasteiger partial charge in [-0.15, -0.1) is 0 Å². The Balaban J connectivity index is 1.91. The van der Waals surface area contributed by atoms with Gasteiger partial charge in [-0.25, -0.2) is 0 Å². The molecule has 21 heavy (non-hydrogen) atoms. The van der Waals surface area contributed by atoms with Crippen LogP contribution in [0.15, 0.2) is 48.7 Å². The van der Waals surface area contributed by atoms with E-state index in [0.717, 1.165) is 16.9 Å². The van der Waals surface area contributed by atoms with Crippen LogP contribution in [0.1, 0.15) is 43.5 Å². The van der Waals surface area contributed by atoms with Crippen LogP contribution in [0.3, 0.4) is 0 Å². The molecule has 3 N–H and O–H groups in total. The minimum absolute atomic E-state index is 0.0254. The van der Waals surface area contributed by atoms with Crippen LogP contribution in [0.4, 0.5) is 5.69 Å². The number of carbonyl (C=O) groups excluding carboxylic acids is 1. The molecule has 0 aliphatic carbocycles. The number of benzene rings is 1. The molecule has 2 atom stereocenters. The highest BCUT2D eigenvalue weighted by Crippen LogP contribution is 2.20. The van der Waals surface area contributed by atoms with Crippen molar-refractivity contribution in [2.24, 2.45) is 0 Å². The number of hydrogen-bond donors (Lipinski definition) is 2. The van der Waals surface area contributed by atoms with Crippen LogP contribution in [0.5, 0.6) is 0 Å². The van der Waals surface area contributed by atoms with Crippen molar-refractivity contribution in [3.63, 3.8) is 0 Å². The van der Waals surface area contributed by atoms with Crippen molar-refractivity contribution >= 4 is 11.6 Å². The zero-order valence-electron chi connectivity index (χ0n) is 12.4. The van der Waals surface area contributed by atoms with E-state index in [0.29, 0.717) is 6.42 Å². The maximum atomic E-state index is 12.1. The third kappa shape index (κ3) is 4.31. The van der Waals surface area contributed by atoms with Crippen LogP contribution in [0, 0.1) is 0 Å². The second kappa shape index (κ2) is 6.88. The molecular weight excluding hydrogens is 262 g/mol. The van der Waals surface area contributed by atoms with E-state index >= 15 is 0 Å². The summed E-state index contributed by atoms with van der Waals surface area (Å²) in [6, 6.07) is 13.3. The third-order valence-corrected chi connectivity index (χ3v) is 3.51. The van der Waals surface area contributed by atoms with Gasteiger partial charge < -0.3 is 11.1 Å². The number of nitrogens with two attached hydrogens (primary N) is 1. The summed E-state index contributed by atoms with van der Waals surface area (Å²) < 4.78 is 0. The SMILES string of the molecule is CC(CC(=O)N[C@H](C)c1ccccn1)c1ccc(N)cc1. The molecule has 2 aromatic rings. The second-order valence-corrected chi connectivity index (χ2v) is 5.32. The maximum absolute atomic E-state index is 12.1. The molecule has 0 bridgehead atoms. The van der Waals surface area contributed by atoms with Crippen LogP contribution < -0.4 is 11.1 Å². The Kier molecular flexibility index (Phi) is 4.93. The Morgan fingerprint density at radius 3 is 2.52 bits per heavy atom. The Morgan fingerprint density at radius 2 is 1.90 bits per heavy atom. The van der Waals surface area contributed by atoms with Crippen molar-refractivity contribution in [1.29, 1.82) is 0 Å². The minimum atomic E-state index is -0.0858. The maximum Gasteiger partial charge on any atom is 0.221 e. The molecule has 0 radical (unpaired) electrons. The van der Waals surface area contributed by atoms with Gasteiger partial charge in [-0.3, -0.25) is 9.78 Å². The predicted octanol–water partition coefficient (Wildman–Crippen LogP) is 3.03. The molecule has 1 amide bonds. The van der Waals surface area contributed by atoms with Gasteiger partial charge in [0.1, 0.15) is 0 Å². The van der Waals surface area contributed by atoms with Gasteiger partial charge in [0, 0.05) is 18.3 Å². The highest BCUT2D eigenvalue weighted by Gasteiger charge is 2.14. The lowest BCUT2D eigenvalue weighted by Gasteiger charge is -2.16. The number of anilines is 1. The monoisotopic (exact) mass is 283 g/mol. The highest BCUT2D eigenvalue weighted by molar-refractivity contribution is 5.77. The molecule has 0 spiro atoms. The summed E-state index contributed by atoms with van der Waals surface area (Å²) in [6.45, 7) is 3.98. The first-order valence-electron chi connectivity index (χ1n) is 7.12. The molecule has 1 heterocycles. The molecule has 4 heteroatoms. The van der Waals surface area contributed by atoms with Gasteiger partial charge in [-0.1, -0.05) is 25.1 Å². The molecule has 0 saturated heterocycles. The van der Waals surface area contributed by atoms with Gasteiger partial charge in [0.25, 0.3) is 0 Å². The number of nitrogens with zero attached hydrogens (tertiary/aromatic N) is 1. The molecule has 1 unspecified atom stereocenters. The lowest BCUT2D eigenvalue weighted by Crippen LogP contribution is -2.28. The average molecular weight is 283 g/mol. The van der Waals surface area contributed by atoms with Crippen molar-refractivity contribution in [3.8, 4) is 0 Å². The third-order valence-electron chi connectivity index (χ3n) is 3.51. The number of amides is 1. The highest BCUT2D eigenvalue weighted by atomic mass is 16.1. The van der Waals surface area contributed by atoms with Gasteiger partial charge in [-0.2, -0.15) is 0 Å². The number of hydrogen-bond acceptors (Lipinski definition) is 3. The van der Waals surface area contributed by atoms with E-state index < -0.39 is 0 Å². The van der Waals surface area contributed by atoms with Crippen LogP contribution in [0.25, 0.3) is 0 Å². The summed E-state index contributed by atoms with van der Waals surface area (Å²) in [5, 5.41) is 2.98. The summed E-state index contributed by atoms with van der Waals surface area (Å²) in [5.41, 5.74) is 8.39. The summed E-state index contributed by atoms with van der Waals surface area (Å²) in [5.74, 6) is 0.180. The topological polar surface area (TPSA) is 68.0 Å². The first kappa shape index (κ1) is 15.0. The fourth-order valence-electron chi connectivity index (χ4n) is 2.23. The van der Waals surface area contributed by atoms with E-state index in [4.69, 9.17) is 5.73 Å². The molecule has 2 rings (SSSR count). The largest absolute Gasteiger partial charge is 0.399 e. The summed E-state index contributed by atoms with van der Waals surface area (Å²) in [4.78, 5) is 16.4. The quantitative estimate of drug-likeness (QED) is 0.829. The molecule has 0 aliphatic rings. The summed E-state index contributed by atoms with van der Waals surface area (Å²) in [7, 11) is 0. The predicted molar refractivity (Wildman–Crippen MR) is 84.7 cm³/mol. The summed E-state index contributed by atoms with van der Waals surface area (Å²) >= 11 is 0. The van der Waals surface area contributed by atoms with Crippen molar-refractivity contribution in [1.82, 2.24) is 10.3 Å². The lowest BCUT2D eigenvalue weighted by atomic mass is 9.97. The normalized spacial score (nSPS) is 13.4. The van der Waals surface area contributed by atoms with Gasteiger partial charge in [-0.05, 0) is 42.7 Å². The summed E-state index contributed by atoms with van der Waals surface area (Å²) in [6.07, 6.45) is 2.18. The van der Waals surface area contributed by atoms with E-state index in [9.17, 15) is 4.79 Å². The van der Waals surface area contributed by atoms with E-state index in [1.807, 2.05) is 56.3 Å². The van der Waals surface area contributed by atoms with E-state index in [1.165, 1.54) is 0 Å². The second-order valence-electron chi connectivity index (χ2n) is 5.32. The van der Waals surface area contributed by atoms with Gasteiger partial charge in [0.05, 0.1) is 11.7 Å². The molecule has 4 nitrogen and oxygen atoms in total. The van der Waals surface area contributed by atoms with E-state index in [2.05, 4.69) is 10.3 Å². The Labute approximate surface area is 125 Å². The number of carbonyl (C=O) groups is 1. The van der Waals surface area contributed by atoms with Gasteiger partial charge in [0.15, 0.2) is 0 Å². The van der Waals surface area contributed by atoms with Crippen LogP contribution in [-0.4, -0.2) is 10.9 Å². The Morgan fingerprint density at radius 1 is 1.19 bits per heavy atom. The smallest absolute Gasteiger partial charge is 0.221 e. The molecule has 0 saturated carbocycles. The fourth-order valence-corrected chi connectivity index (χ4v) is 2.23. The van der Waals surface area contributed by atoms with Crippen molar-refractivity contribution < 1.29 is 4.79 Å². The molecule has 110 valence electrons. The zero-order valence-corrected chi connectivity index (χ0v) is 12.4. The number of pyridine rings is 1. The molecule has 1 aromatic carbocycles. The number of aromatic nitrogens is 1. The zero-order chi connectivity index (χ0) is 15.2. The fraction of sp³-hybridized carbons (Fsp3) is 0.294.